The SMILES string of the molecule is N#CC1=C(N)N(c2cccnc2)C2=C(C(=O)CCC2)[C@H]1c1ccc(-c2cccc(Cl)c2)o1. The van der Waals surface area contributed by atoms with Crippen molar-refractivity contribution in [2.45, 2.75) is 25.2 Å². The molecular weight excluding hydrogens is 424 g/mol. The minimum Gasteiger partial charge on any atom is -0.460 e. The van der Waals surface area contributed by atoms with Crippen LogP contribution >= 0.6 is 11.6 Å². The predicted molar refractivity (Wildman–Crippen MR) is 121 cm³/mol. The molecule has 3 heterocycles. The van der Waals surface area contributed by atoms with Crippen LogP contribution in [-0.2, 0) is 4.79 Å². The van der Waals surface area contributed by atoms with E-state index in [-0.39, 0.29) is 11.4 Å². The number of hydrogen-bond donors (Lipinski definition) is 1. The number of Topliss-reactive ketones (excluding diaryl/α,β-unsaturated/α-hetero) is 1. The maximum atomic E-state index is 13.1. The minimum atomic E-state index is -0.649. The van der Waals surface area contributed by atoms with Crippen molar-refractivity contribution in [2.24, 2.45) is 5.73 Å². The van der Waals surface area contributed by atoms with E-state index in [1.807, 2.05) is 24.3 Å². The van der Waals surface area contributed by atoms with Gasteiger partial charge >= 0.3 is 0 Å². The molecule has 2 N–H and O–H groups in total. The van der Waals surface area contributed by atoms with Crippen LogP contribution in [0.5, 0.6) is 0 Å². The average molecular weight is 443 g/mol. The van der Waals surface area contributed by atoms with Gasteiger partial charge in [-0.1, -0.05) is 23.7 Å². The van der Waals surface area contributed by atoms with Gasteiger partial charge in [-0.2, -0.15) is 5.26 Å². The lowest BCUT2D eigenvalue weighted by molar-refractivity contribution is -0.116. The smallest absolute Gasteiger partial charge is 0.161 e. The number of furan rings is 1. The number of nitrogens with zero attached hydrogens (tertiary/aromatic N) is 3. The van der Waals surface area contributed by atoms with E-state index in [9.17, 15) is 10.1 Å². The topological polar surface area (TPSA) is 96.1 Å². The van der Waals surface area contributed by atoms with E-state index in [4.69, 9.17) is 21.8 Å². The van der Waals surface area contributed by atoms with Crippen LogP contribution in [0.15, 0.2) is 88.0 Å². The first-order valence-electron chi connectivity index (χ1n) is 10.3. The van der Waals surface area contributed by atoms with E-state index in [0.29, 0.717) is 40.8 Å². The van der Waals surface area contributed by atoms with Gasteiger partial charge in [0.2, 0.25) is 0 Å². The van der Waals surface area contributed by atoms with E-state index >= 15 is 0 Å². The van der Waals surface area contributed by atoms with Crippen molar-refractivity contribution in [2.75, 3.05) is 4.90 Å². The first kappa shape index (κ1) is 20.1. The molecule has 0 spiro atoms. The first-order valence-corrected chi connectivity index (χ1v) is 10.7. The van der Waals surface area contributed by atoms with Crippen molar-refractivity contribution in [3.05, 3.63) is 94.4 Å². The van der Waals surface area contributed by atoms with Crippen LogP contribution in [0.1, 0.15) is 30.9 Å². The molecule has 1 atom stereocenters. The highest BCUT2D eigenvalue weighted by Crippen LogP contribution is 2.47. The van der Waals surface area contributed by atoms with Gasteiger partial charge in [0.15, 0.2) is 5.78 Å². The second kappa shape index (κ2) is 8.03. The lowest BCUT2D eigenvalue weighted by Gasteiger charge is -2.38. The van der Waals surface area contributed by atoms with Gasteiger partial charge in [-0.05, 0) is 49.2 Å². The molecule has 2 aromatic heterocycles. The Kier molecular flexibility index (Phi) is 5.04. The number of carbonyl (C=O) groups excluding carboxylic acids is 1. The molecule has 2 aliphatic rings. The van der Waals surface area contributed by atoms with Gasteiger partial charge in [0, 0.05) is 34.5 Å². The number of nitrogens with two attached hydrogens (primary N) is 1. The largest absolute Gasteiger partial charge is 0.460 e. The van der Waals surface area contributed by atoms with Gasteiger partial charge in [0.25, 0.3) is 0 Å². The summed E-state index contributed by atoms with van der Waals surface area (Å²) in [5.74, 6) is 0.765. The Morgan fingerprint density at radius 3 is 2.81 bits per heavy atom. The van der Waals surface area contributed by atoms with E-state index < -0.39 is 5.92 Å². The lowest BCUT2D eigenvalue weighted by atomic mass is 9.78. The van der Waals surface area contributed by atoms with E-state index in [2.05, 4.69) is 11.1 Å². The second-order valence-corrected chi connectivity index (χ2v) is 8.18. The molecule has 0 saturated heterocycles. The summed E-state index contributed by atoms with van der Waals surface area (Å²) in [6, 6.07) is 16.9. The van der Waals surface area contributed by atoms with Crippen LogP contribution in [0, 0.1) is 11.3 Å². The van der Waals surface area contributed by atoms with Gasteiger partial charge in [0.1, 0.15) is 17.3 Å². The van der Waals surface area contributed by atoms with Crippen molar-refractivity contribution < 1.29 is 9.21 Å². The van der Waals surface area contributed by atoms with Crippen LogP contribution in [0.2, 0.25) is 5.02 Å². The predicted octanol–water partition coefficient (Wildman–Crippen LogP) is 5.30. The summed E-state index contributed by atoms with van der Waals surface area (Å²) in [6.07, 6.45) is 5.17. The summed E-state index contributed by atoms with van der Waals surface area (Å²) in [4.78, 5) is 19.1. The lowest BCUT2D eigenvalue weighted by Crippen LogP contribution is -2.38. The zero-order valence-corrected chi connectivity index (χ0v) is 17.8. The molecule has 0 fully saturated rings. The van der Waals surface area contributed by atoms with Gasteiger partial charge in [-0.25, -0.2) is 0 Å². The third kappa shape index (κ3) is 3.28. The fourth-order valence-corrected chi connectivity index (χ4v) is 4.65. The third-order valence-electron chi connectivity index (χ3n) is 5.84. The van der Waals surface area contributed by atoms with Crippen LogP contribution in [0.25, 0.3) is 11.3 Å². The van der Waals surface area contributed by atoms with E-state index in [1.165, 1.54) is 0 Å². The third-order valence-corrected chi connectivity index (χ3v) is 6.07. The molecule has 0 unspecified atom stereocenters. The maximum absolute atomic E-state index is 13.1. The highest BCUT2D eigenvalue weighted by molar-refractivity contribution is 6.30. The standard InChI is InChI=1S/C25H19ClN4O2/c26-16-5-1-4-15(12-16)21-9-10-22(32-21)23-18(13-27)25(28)30(17-6-3-11-29-14-17)19-7-2-8-20(31)24(19)23/h1,3-6,9-12,14,23H,2,7-8,28H2/t23-/m1/s1. The van der Waals surface area contributed by atoms with Crippen molar-refractivity contribution in [3.63, 3.8) is 0 Å². The summed E-state index contributed by atoms with van der Waals surface area (Å²) >= 11 is 6.13. The Morgan fingerprint density at radius 1 is 1.19 bits per heavy atom. The zero-order valence-electron chi connectivity index (χ0n) is 17.1. The number of hydrogen-bond acceptors (Lipinski definition) is 6. The monoisotopic (exact) mass is 442 g/mol. The molecule has 5 rings (SSSR count). The normalized spacial score (nSPS) is 18.6. The number of pyridine rings is 1. The van der Waals surface area contributed by atoms with Gasteiger partial charge in [-0.15, -0.1) is 0 Å². The number of aromatic nitrogens is 1. The number of allylic oxidation sites excluding steroid dienone is 3. The van der Waals surface area contributed by atoms with E-state index in [0.717, 1.165) is 23.4 Å². The Morgan fingerprint density at radius 2 is 2.06 bits per heavy atom. The molecule has 32 heavy (non-hydrogen) atoms. The van der Waals surface area contributed by atoms with Crippen LogP contribution in [0.4, 0.5) is 5.69 Å². The van der Waals surface area contributed by atoms with Crippen molar-refractivity contribution in [1.82, 2.24) is 4.98 Å². The fourth-order valence-electron chi connectivity index (χ4n) is 4.46. The molecule has 6 nitrogen and oxygen atoms in total. The summed E-state index contributed by atoms with van der Waals surface area (Å²) in [7, 11) is 0. The summed E-state index contributed by atoms with van der Waals surface area (Å²) < 4.78 is 6.17. The Bertz CT molecular complexity index is 1320. The van der Waals surface area contributed by atoms with Crippen LogP contribution in [-0.4, -0.2) is 10.8 Å². The number of nitriles is 1. The van der Waals surface area contributed by atoms with Crippen LogP contribution < -0.4 is 10.6 Å². The van der Waals surface area contributed by atoms with Crippen molar-refractivity contribution >= 4 is 23.1 Å². The zero-order chi connectivity index (χ0) is 22.2. The number of halogens is 1. The molecule has 1 aromatic carbocycles. The highest BCUT2D eigenvalue weighted by Gasteiger charge is 2.41. The quantitative estimate of drug-likeness (QED) is 0.591. The first-order chi connectivity index (χ1) is 15.6. The maximum Gasteiger partial charge on any atom is 0.161 e. The molecule has 7 heteroatoms. The van der Waals surface area contributed by atoms with Crippen molar-refractivity contribution in [1.29, 1.82) is 5.26 Å². The van der Waals surface area contributed by atoms with Gasteiger partial charge in [-0.3, -0.25) is 14.7 Å². The summed E-state index contributed by atoms with van der Waals surface area (Å²) in [6.45, 7) is 0. The molecule has 1 aliphatic heterocycles. The molecule has 158 valence electrons. The number of rotatable bonds is 3. The molecule has 0 radical (unpaired) electrons. The molecule has 0 bridgehead atoms. The molecule has 0 amide bonds. The Balaban J connectivity index is 1.67. The number of benzene rings is 1. The fraction of sp³-hybridized carbons (Fsp3) is 0.160. The second-order valence-electron chi connectivity index (χ2n) is 7.74. The number of ketones is 1. The van der Waals surface area contributed by atoms with Crippen LogP contribution in [0.3, 0.4) is 0 Å². The van der Waals surface area contributed by atoms with Gasteiger partial charge in [0.05, 0.1) is 29.4 Å². The summed E-state index contributed by atoms with van der Waals surface area (Å²) in [5.41, 5.74) is 9.73. The number of carbonyl (C=O) groups is 1. The Labute approximate surface area is 190 Å². The molecular formula is C25H19ClN4O2. The average Bonchev–Trinajstić information content (AvgIpc) is 3.29. The highest BCUT2D eigenvalue weighted by atomic mass is 35.5. The summed E-state index contributed by atoms with van der Waals surface area (Å²) in [5, 5.41) is 10.7. The number of anilines is 1. The van der Waals surface area contributed by atoms with Crippen molar-refractivity contribution in [3.8, 4) is 17.4 Å². The molecule has 3 aromatic rings. The Hall–Kier alpha value is -3.82. The van der Waals surface area contributed by atoms with E-state index in [1.54, 1.807) is 41.6 Å². The minimum absolute atomic E-state index is 0.00564. The van der Waals surface area contributed by atoms with Gasteiger partial charge < -0.3 is 10.2 Å². The molecule has 0 saturated carbocycles. The molecule has 1 aliphatic carbocycles.